The quantitative estimate of drug-likeness (QED) is 0.691. The van der Waals surface area contributed by atoms with Crippen molar-refractivity contribution in [2.75, 3.05) is 31.1 Å². The van der Waals surface area contributed by atoms with Crippen molar-refractivity contribution in [3.8, 4) is 0 Å². The third-order valence-electron chi connectivity index (χ3n) is 2.11. The molecular weight excluding hydrogens is 305 g/mol. The Hall–Kier alpha value is -1.52. The number of nitrogens with zero attached hydrogens (tertiary/aromatic N) is 1. The molecule has 0 aliphatic heterocycles. The zero-order chi connectivity index (χ0) is 16.0. The lowest BCUT2D eigenvalue weighted by Crippen LogP contribution is -2.48. The van der Waals surface area contributed by atoms with Crippen LogP contribution in [0.2, 0.25) is 0 Å². The van der Waals surface area contributed by atoms with Gasteiger partial charge in [-0.2, -0.15) is 13.2 Å². The normalized spacial score (nSPS) is 12.0. The van der Waals surface area contributed by atoms with Crippen LogP contribution in [0.1, 0.15) is 6.92 Å². The summed E-state index contributed by atoms with van der Waals surface area (Å²) >= 11 is 0. The molecule has 0 aliphatic carbocycles. The number of rotatable bonds is 7. The van der Waals surface area contributed by atoms with Gasteiger partial charge in [0.25, 0.3) is 0 Å². The van der Waals surface area contributed by atoms with Gasteiger partial charge in [-0.3, -0.25) is 4.79 Å². The maximum Gasteiger partial charge on any atom is 0.406 e. The van der Waals surface area contributed by atoms with E-state index in [4.69, 9.17) is 5.11 Å². The first-order valence-corrected chi connectivity index (χ1v) is 7.30. The van der Waals surface area contributed by atoms with Gasteiger partial charge in [0.05, 0.1) is 5.75 Å². The van der Waals surface area contributed by atoms with Crippen molar-refractivity contribution in [3.05, 3.63) is 0 Å². The van der Waals surface area contributed by atoms with Crippen molar-refractivity contribution in [2.24, 2.45) is 0 Å². The molecule has 118 valence electrons. The van der Waals surface area contributed by atoms with Gasteiger partial charge in [-0.05, 0) is 0 Å². The number of carboxylic acid groups (broad SMARTS) is 1. The number of carbonyl (C=O) groups excluding carboxylic acids is 1. The minimum absolute atomic E-state index is 0.0426. The van der Waals surface area contributed by atoms with Crippen molar-refractivity contribution in [2.45, 2.75) is 13.1 Å². The van der Waals surface area contributed by atoms with Crippen LogP contribution in [0.15, 0.2) is 0 Å². The SMILES string of the molecule is CCS(=O)(=O)CCNC(=O)N(CC(=O)O)CC(F)(F)F. The van der Waals surface area contributed by atoms with Crippen molar-refractivity contribution < 1.29 is 36.3 Å². The molecule has 11 heteroatoms. The molecule has 0 fully saturated rings. The fraction of sp³-hybridized carbons (Fsp3) is 0.778. The van der Waals surface area contributed by atoms with Gasteiger partial charge >= 0.3 is 18.2 Å². The third kappa shape index (κ3) is 8.56. The van der Waals surface area contributed by atoms with Crippen molar-refractivity contribution in [1.82, 2.24) is 10.2 Å². The Kier molecular flexibility index (Phi) is 6.76. The zero-order valence-electron chi connectivity index (χ0n) is 10.6. The summed E-state index contributed by atoms with van der Waals surface area (Å²) in [6.45, 7) is -1.86. The number of hydrogen-bond donors (Lipinski definition) is 2. The molecular formula is C9H15F3N2O5S. The number of alkyl halides is 3. The summed E-state index contributed by atoms with van der Waals surface area (Å²) in [5, 5.41) is 10.4. The second kappa shape index (κ2) is 7.31. The van der Waals surface area contributed by atoms with Crippen molar-refractivity contribution in [1.29, 1.82) is 0 Å². The van der Waals surface area contributed by atoms with Crippen LogP contribution in [0.3, 0.4) is 0 Å². The van der Waals surface area contributed by atoms with Crippen LogP contribution in [0.25, 0.3) is 0 Å². The topological polar surface area (TPSA) is 104 Å². The lowest BCUT2D eigenvalue weighted by atomic mass is 10.4. The molecule has 0 aromatic rings. The van der Waals surface area contributed by atoms with E-state index in [1.165, 1.54) is 6.92 Å². The summed E-state index contributed by atoms with van der Waals surface area (Å²) in [4.78, 5) is 21.8. The van der Waals surface area contributed by atoms with Crippen molar-refractivity contribution >= 4 is 21.8 Å². The summed E-state index contributed by atoms with van der Waals surface area (Å²) < 4.78 is 58.8. The van der Waals surface area contributed by atoms with E-state index in [0.29, 0.717) is 0 Å². The Morgan fingerprint density at radius 1 is 1.30 bits per heavy atom. The van der Waals surface area contributed by atoms with E-state index in [0.717, 1.165) is 0 Å². The number of carbonyl (C=O) groups is 2. The molecule has 2 amide bonds. The highest BCUT2D eigenvalue weighted by atomic mass is 32.2. The molecule has 20 heavy (non-hydrogen) atoms. The number of aliphatic carboxylic acids is 1. The number of amides is 2. The first-order chi connectivity index (χ1) is 8.97. The molecule has 7 nitrogen and oxygen atoms in total. The smallest absolute Gasteiger partial charge is 0.406 e. The van der Waals surface area contributed by atoms with Crippen LogP contribution in [0.5, 0.6) is 0 Å². The molecule has 0 saturated carbocycles. The number of nitrogens with one attached hydrogen (secondary N) is 1. The predicted octanol–water partition coefficient (Wildman–Crippen LogP) is 0.0796. The van der Waals surface area contributed by atoms with Crippen LogP contribution in [0.4, 0.5) is 18.0 Å². The summed E-state index contributed by atoms with van der Waals surface area (Å²) in [5.41, 5.74) is 0. The molecule has 0 heterocycles. The molecule has 0 saturated heterocycles. The van der Waals surface area contributed by atoms with Crippen LogP contribution in [-0.4, -0.2) is 67.7 Å². The van der Waals surface area contributed by atoms with Gasteiger partial charge in [0, 0.05) is 12.3 Å². The molecule has 0 atom stereocenters. The Balaban J connectivity index is 4.52. The number of sulfone groups is 1. The van der Waals surface area contributed by atoms with Crippen LogP contribution in [0, 0.1) is 0 Å². The predicted molar refractivity (Wildman–Crippen MR) is 63.0 cm³/mol. The summed E-state index contributed by atoms with van der Waals surface area (Å²) in [5.74, 6) is -2.20. The van der Waals surface area contributed by atoms with E-state index >= 15 is 0 Å². The number of hydrogen-bond acceptors (Lipinski definition) is 4. The van der Waals surface area contributed by atoms with Crippen molar-refractivity contribution in [3.63, 3.8) is 0 Å². The second-order valence-corrected chi connectivity index (χ2v) is 6.31. The minimum Gasteiger partial charge on any atom is -0.480 e. The molecule has 0 rings (SSSR count). The molecule has 0 aromatic heterocycles. The van der Waals surface area contributed by atoms with Crippen LogP contribution >= 0.6 is 0 Å². The number of carboxylic acids is 1. The molecule has 0 bridgehead atoms. The first-order valence-electron chi connectivity index (χ1n) is 5.48. The Bertz CT molecular complexity index is 449. The van der Waals surface area contributed by atoms with E-state index in [9.17, 15) is 31.2 Å². The molecule has 2 N–H and O–H groups in total. The Morgan fingerprint density at radius 2 is 1.85 bits per heavy atom. The van der Waals surface area contributed by atoms with Gasteiger partial charge in [0.2, 0.25) is 0 Å². The van der Waals surface area contributed by atoms with Gasteiger partial charge < -0.3 is 15.3 Å². The van der Waals surface area contributed by atoms with Gasteiger partial charge in [-0.1, -0.05) is 6.92 Å². The van der Waals surface area contributed by atoms with Gasteiger partial charge in [-0.15, -0.1) is 0 Å². The fourth-order valence-corrected chi connectivity index (χ4v) is 1.85. The maximum absolute atomic E-state index is 12.2. The molecule has 0 radical (unpaired) electrons. The summed E-state index contributed by atoms with van der Waals surface area (Å²) in [6.07, 6.45) is -4.75. The van der Waals surface area contributed by atoms with Gasteiger partial charge in [0.15, 0.2) is 9.84 Å². The molecule has 0 unspecified atom stereocenters. The molecule has 0 spiro atoms. The Labute approximate surface area is 113 Å². The highest BCUT2D eigenvalue weighted by molar-refractivity contribution is 7.91. The highest BCUT2D eigenvalue weighted by Gasteiger charge is 2.34. The first kappa shape index (κ1) is 18.5. The van der Waals surface area contributed by atoms with E-state index in [2.05, 4.69) is 0 Å². The number of urea groups is 1. The third-order valence-corrected chi connectivity index (χ3v) is 3.82. The van der Waals surface area contributed by atoms with E-state index in [1.54, 1.807) is 0 Å². The molecule has 0 aromatic carbocycles. The van der Waals surface area contributed by atoms with Crippen LogP contribution in [-0.2, 0) is 14.6 Å². The molecule has 0 aliphatic rings. The lowest BCUT2D eigenvalue weighted by molar-refractivity contribution is -0.148. The van der Waals surface area contributed by atoms with Crippen LogP contribution < -0.4 is 5.32 Å². The Morgan fingerprint density at radius 3 is 2.25 bits per heavy atom. The number of halogens is 3. The average molecular weight is 320 g/mol. The fourth-order valence-electron chi connectivity index (χ4n) is 1.15. The average Bonchev–Trinajstić information content (AvgIpc) is 2.25. The monoisotopic (exact) mass is 320 g/mol. The summed E-state index contributed by atoms with van der Waals surface area (Å²) in [7, 11) is -3.37. The minimum atomic E-state index is -4.75. The van der Waals surface area contributed by atoms with E-state index < -0.39 is 46.9 Å². The van der Waals surface area contributed by atoms with E-state index in [1.807, 2.05) is 5.32 Å². The van der Waals surface area contributed by atoms with Gasteiger partial charge in [-0.25, -0.2) is 13.2 Å². The standard InChI is InChI=1S/C9H15F3N2O5S/c1-2-20(18,19)4-3-13-8(17)14(5-7(15)16)6-9(10,11)12/h2-6H2,1H3,(H,13,17)(H,15,16). The zero-order valence-corrected chi connectivity index (χ0v) is 11.4. The summed E-state index contributed by atoms with van der Waals surface area (Å²) in [6, 6.07) is -1.28. The van der Waals surface area contributed by atoms with Gasteiger partial charge in [0.1, 0.15) is 13.1 Å². The lowest BCUT2D eigenvalue weighted by Gasteiger charge is -2.22. The second-order valence-electron chi connectivity index (χ2n) is 3.83. The maximum atomic E-state index is 12.2. The largest absolute Gasteiger partial charge is 0.480 e. The highest BCUT2D eigenvalue weighted by Crippen LogP contribution is 2.16. The van der Waals surface area contributed by atoms with E-state index in [-0.39, 0.29) is 17.2 Å².